The minimum atomic E-state index is 0.744. The molecule has 0 saturated heterocycles. The second-order valence-electron chi connectivity index (χ2n) is 2.50. The maximum atomic E-state index is 2.33. The molecule has 0 aliphatic rings. The van der Waals surface area contributed by atoms with Crippen molar-refractivity contribution in [1.29, 1.82) is 0 Å². The Hall–Kier alpha value is 0.700. The SMILES string of the molecule is CC[S+](CC)C[S+](CC)CC. The van der Waals surface area contributed by atoms with Gasteiger partial charge in [0.25, 0.3) is 5.08 Å². The van der Waals surface area contributed by atoms with Gasteiger partial charge < -0.3 is 0 Å². The van der Waals surface area contributed by atoms with E-state index in [2.05, 4.69) is 27.7 Å². The van der Waals surface area contributed by atoms with Gasteiger partial charge in [-0.3, -0.25) is 0 Å². The van der Waals surface area contributed by atoms with Crippen LogP contribution in [0.1, 0.15) is 27.7 Å². The van der Waals surface area contributed by atoms with Crippen LogP contribution in [0.4, 0.5) is 0 Å². The predicted octanol–water partition coefficient (Wildman–Crippen LogP) is 2.26. The zero-order chi connectivity index (χ0) is 8.69. The molecule has 0 heterocycles. The fraction of sp³-hybridized carbons (Fsp3) is 1.00. The molecule has 0 unspecified atom stereocenters. The minimum absolute atomic E-state index is 0.744. The summed E-state index contributed by atoms with van der Waals surface area (Å²) in [5.41, 5.74) is 0. The van der Waals surface area contributed by atoms with E-state index in [1.807, 2.05) is 0 Å². The molecule has 0 nitrogen and oxygen atoms in total. The molecule has 68 valence electrons. The Labute approximate surface area is 77.8 Å². The highest BCUT2D eigenvalue weighted by Gasteiger charge is 2.24. The summed E-state index contributed by atoms with van der Waals surface area (Å²) in [6.45, 7) is 9.33. The zero-order valence-electron chi connectivity index (χ0n) is 8.35. The summed E-state index contributed by atoms with van der Waals surface area (Å²) in [5, 5.41) is 1.51. The summed E-state index contributed by atoms with van der Waals surface area (Å²) >= 11 is 0. The molecule has 0 aliphatic heterocycles. The van der Waals surface area contributed by atoms with Crippen LogP contribution in [-0.4, -0.2) is 28.1 Å². The average Bonchev–Trinajstić information content (AvgIpc) is 2.07. The van der Waals surface area contributed by atoms with Crippen LogP contribution in [0.2, 0.25) is 0 Å². The molecule has 0 aromatic rings. The number of rotatable bonds is 6. The lowest BCUT2D eigenvalue weighted by Gasteiger charge is -2.04. The number of hydrogen-bond donors (Lipinski definition) is 0. The summed E-state index contributed by atoms with van der Waals surface area (Å²) in [6.07, 6.45) is 0. The van der Waals surface area contributed by atoms with E-state index in [9.17, 15) is 0 Å². The number of hydrogen-bond acceptors (Lipinski definition) is 0. The van der Waals surface area contributed by atoms with Crippen LogP contribution in [0, 0.1) is 0 Å². The summed E-state index contributed by atoms with van der Waals surface area (Å²) in [4.78, 5) is 0. The van der Waals surface area contributed by atoms with Crippen molar-refractivity contribution in [2.24, 2.45) is 0 Å². The summed E-state index contributed by atoms with van der Waals surface area (Å²) in [6, 6.07) is 0. The van der Waals surface area contributed by atoms with Gasteiger partial charge in [-0.15, -0.1) is 0 Å². The Morgan fingerprint density at radius 2 is 0.909 bits per heavy atom. The zero-order valence-corrected chi connectivity index (χ0v) is 9.99. The van der Waals surface area contributed by atoms with E-state index in [1.54, 1.807) is 0 Å². The van der Waals surface area contributed by atoms with E-state index >= 15 is 0 Å². The van der Waals surface area contributed by atoms with Crippen LogP contribution < -0.4 is 0 Å². The topological polar surface area (TPSA) is 0 Å². The molecular formula is C9H22S2+2. The van der Waals surface area contributed by atoms with Crippen molar-refractivity contribution in [2.45, 2.75) is 27.7 Å². The van der Waals surface area contributed by atoms with E-state index in [0.717, 1.165) is 21.8 Å². The Balaban J connectivity index is 3.58. The van der Waals surface area contributed by atoms with E-state index in [4.69, 9.17) is 0 Å². The second-order valence-corrected chi connectivity index (χ2v) is 8.20. The van der Waals surface area contributed by atoms with Gasteiger partial charge in [0.15, 0.2) is 0 Å². The van der Waals surface area contributed by atoms with Crippen molar-refractivity contribution in [3.63, 3.8) is 0 Å². The third kappa shape index (κ3) is 5.02. The molecule has 0 aromatic heterocycles. The van der Waals surface area contributed by atoms with Gasteiger partial charge in [0.2, 0.25) is 0 Å². The second kappa shape index (κ2) is 7.35. The van der Waals surface area contributed by atoms with Crippen LogP contribution in [-0.2, 0) is 21.8 Å². The molecule has 0 amide bonds. The van der Waals surface area contributed by atoms with Crippen molar-refractivity contribution < 1.29 is 0 Å². The first-order valence-corrected chi connectivity index (χ1v) is 8.02. The van der Waals surface area contributed by atoms with Crippen LogP contribution >= 0.6 is 0 Å². The fourth-order valence-corrected chi connectivity index (χ4v) is 6.35. The quantitative estimate of drug-likeness (QED) is 0.569. The van der Waals surface area contributed by atoms with Crippen LogP contribution in [0.15, 0.2) is 0 Å². The fourth-order valence-electron chi connectivity index (χ4n) is 0.977. The van der Waals surface area contributed by atoms with Gasteiger partial charge in [0.05, 0.1) is 0 Å². The average molecular weight is 194 g/mol. The standard InChI is InChI=1S/C9H22S2/c1-5-10(6-2)9-11(7-3)8-4/h5-9H2,1-4H3/q+2. The van der Waals surface area contributed by atoms with Crippen molar-refractivity contribution in [3.05, 3.63) is 0 Å². The lowest BCUT2D eigenvalue weighted by atomic mass is 11.0. The van der Waals surface area contributed by atoms with Crippen LogP contribution in [0.5, 0.6) is 0 Å². The van der Waals surface area contributed by atoms with Crippen LogP contribution in [0.3, 0.4) is 0 Å². The van der Waals surface area contributed by atoms with Gasteiger partial charge in [-0.25, -0.2) is 0 Å². The predicted molar refractivity (Wildman–Crippen MR) is 61.8 cm³/mol. The third-order valence-electron chi connectivity index (χ3n) is 1.97. The van der Waals surface area contributed by atoms with E-state index < -0.39 is 0 Å². The monoisotopic (exact) mass is 194 g/mol. The lowest BCUT2D eigenvalue weighted by molar-refractivity contribution is 1.40. The first-order valence-electron chi connectivity index (χ1n) is 4.56. The van der Waals surface area contributed by atoms with Crippen molar-refractivity contribution in [2.75, 3.05) is 28.1 Å². The normalized spacial score (nSPS) is 11.5. The summed E-state index contributed by atoms with van der Waals surface area (Å²) < 4.78 is 0. The van der Waals surface area contributed by atoms with Gasteiger partial charge in [-0.1, -0.05) is 0 Å². The van der Waals surface area contributed by atoms with E-state index in [1.165, 1.54) is 28.1 Å². The Kier molecular flexibility index (Phi) is 7.82. The highest BCUT2D eigenvalue weighted by molar-refractivity contribution is 8.13. The molecule has 0 N–H and O–H groups in total. The Morgan fingerprint density at radius 3 is 1.09 bits per heavy atom. The molecule has 0 spiro atoms. The molecule has 0 radical (unpaired) electrons. The van der Waals surface area contributed by atoms with E-state index in [-0.39, 0.29) is 0 Å². The highest BCUT2D eigenvalue weighted by atomic mass is 32.3. The first kappa shape index (κ1) is 11.7. The molecule has 0 rings (SSSR count). The van der Waals surface area contributed by atoms with Gasteiger partial charge in [-0.05, 0) is 27.7 Å². The highest BCUT2D eigenvalue weighted by Crippen LogP contribution is 2.05. The molecule has 0 fully saturated rings. The van der Waals surface area contributed by atoms with Gasteiger partial charge in [-0.2, -0.15) is 0 Å². The smallest absolute Gasteiger partial charge is 0.0196 e. The molecule has 0 aromatic carbocycles. The molecule has 0 bridgehead atoms. The summed E-state index contributed by atoms with van der Waals surface area (Å²) in [5.74, 6) is 5.61. The van der Waals surface area contributed by atoms with Gasteiger partial charge >= 0.3 is 0 Å². The Bertz CT molecular complexity index is 65.6. The molecular weight excluding hydrogens is 172 g/mol. The maximum Gasteiger partial charge on any atom is 0.257 e. The van der Waals surface area contributed by atoms with Crippen LogP contribution in [0.25, 0.3) is 0 Å². The molecule has 2 heteroatoms. The van der Waals surface area contributed by atoms with Gasteiger partial charge in [0, 0.05) is 21.8 Å². The first-order chi connectivity index (χ1) is 5.28. The molecule has 0 atom stereocenters. The Morgan fingerprint density at radius 1 is 0.636 bits per heavy atom. The third-order valence-corrected chi connectivity index (χ3v) is 7.90. The van der Waals surface area contributed by atoms with Crippen molar-refractivity contribution >= 4 is 21.8 Å². The molecule has 11 heavy (non-hydrogen) atoms. The minimum Gasteiger partial charge on any atom is -0.0196 e. The van der Waals surface area contributed by atoms with Gasteiger partial charge in [0.1, 0.15) is 23.0 Å². The lowest BCUT2D eigenvalue weighted by Crippen LogP contribution is -2.23. The molecule has 0 saturated carbocycles. The van der Waals surface area contributed by atoms with E-state index in [0.29, 0.717) is 0 Å². The largest absolute Gasteiger partial charge is 0.257 e. The molecule has 0 aliphatic carbocycles. The van der Waals surface area contributed by atoms with Crippen molar-refractivity contribution in [3.8, 4) is 0 Å². The van der Waals surface area contributed by atoms with Crippen molar-refractivity contribution in [1.82, 2.24) is 0 Å². The maximum absolute atomic E-state index is 2.33. The summed E-state index contributed by atoms with van der Waals surface area (Å²) in [7, 11) is 1.49.